The van der Waals surface area contributed by atoms with Crippen LogP contribution in [0.4, 0.5) is 5.82 Å². The molecule has 2 aliphatic rings. The maximum atomic E-state index is 13.0. The van der Waals surface area contributed by atoms with E-state index in [0.717, 1.165) is 68.9 Å². The first kappa shape index (κ1) is 19.8. The van der Waals surface area contributed by atoms with Crippen LogP contribution < -0.4 is 4.90 Å². The number of amides is 1. The first-order chi connectivity index (χ1) is 14.1. The van der Waals surface area contributed by atoms with E-state index in [4.69, 9.17) is 0 Å². The van der Waals surface area contributed by atoms with Crippen molar-refractivity contribution in [3.63, 3.8) is 0 Å². The van der Waals surface area contributed by atoms with Gasteiger partial charge in [0.05, 0.1) is 5.69 Å². The summed E-state index contributed by atoms with van der Waals surface area (Å²) in [4.78, 5) is 19.6. The summed E-state index contributed by atoms with van der Waals surface area (Å²) >= 11 is 0. The highest BCUT2D eigenvalue weighted by Gasteiger charge is 2.31. The van der Waals surface area contributed by atoms with Gasteiger partial charge in [-0.05, 0) is 58.0 Å². The molecule has 0 radical (unpaired) electrons. The molecule has 6 nitrogen and oxygen atoms in total. The van der Waals surface area contributed by atoms with Crippen LogP contribution in [0.25, 0.3) is 11.3 Å². The number of benzene rings is 1. The standard InChI is InChI=1S/C23H31N5O/c1-26-14-12-20(13-15-26)27(2)23(29)19-10-16-28(17-11-19)22-9-8-21(24-25-22)18-6-4-3-5-7-18/h3-9,19-20H,10-17H2,1-2H3. The fourth-order valence-corrected chi connectivity index (χ4v) is 4.46. The predicted molar refractivity (Wildman–Crippen MR) is 116 cm³/mol. The summed E-state index contributed by atoms with van der Waals surface area (Å²) in [5.41, 5.74) is 1.96. The summed E-state index contributed by atoms with van der Waals surface area (Å²) < 4.78 is 0. The van der Waals surface area contributed by atoms with Crippen LogP contribution >= 0.6 is 0 Å². The van der Waals surface area contributed by atoms with Crippen molar-refractivity contribution in [1.82, 2.24) is 20.0 Å². The van der Waals surface area contributed by atoms with Gasteiger partial charge in [-0.15, -0.1) is 10.2 Å². The molecule has 1 amide bonds. The van der Waals surface area contributed by atoms with Crippen LogP contribution in [0.5, 0.6) is 0 Å². The first-order valence-electron chi connectivity index (χ1n) is 10.7. The number of carbonyl (C=O) groups is 1. The van der Waals surface area contributed by atoms with E-state index >= 15 is 0 Å². The summed E-state index contributed by atoms with van der Waals surface area (Å²) in [6, 6.07) is 14.6. The lowest BCUT2D eigenvalue weighted by molar-refractivity contribution is -0.137. The number of likely N-dealkylation sites (tertiary alicyclic amines) is 1. The van der Waals surface area contributed by atoms with Crippen molar-refractivity contribution in [3.8, 4) is 11.3 Å². The van der Waals surface area contributed by atoms with Crippen molar-refractivity contribution in [2.24, 2.45) is 5.92 Å². The van der Waals surface area contributed by atoms with Gasteiger partial charge >= 0.3 is 0 Å². The van der Waals surface area contributed by atoms with Gasteiger partial charge in [0, 0.05) is 37.7 Å². The Bertz CT molecular complexity index is 794. The number of anilines is 1. The highest BCUT2D eigenvalue weighted by molar-refractivity contribution is 5.79. The zero-order valence-corrected chi connectivity index (χ0v) is 17.5. The van der Waals surface area contributed by atoms with E-state index < -0.39 is 0 Å². The van der Waals surface area contributed by atoms with E-state index in [1.165, 1.54) is 0 Å². The highest BCUT2D eigenvalue weighted by Crippen LogP contribution is 2.26. The van der Waals surface area contributed by atoms with Crippen molar-refractivity contribution in [1.29, 1.82) is 0 Å². The normalized spacial score (nSPS) is 19.3. The molecule has 1 aromatic heterocycles. The fraction of sp³-hybridized carbons (Fsp3) is 0.522. The van der Waals surface area contributed by atoms with Crippen LogP contribution in [0, 0.1) is 5.92 Å². The number of hydrogen-bond donors (Lipinski definition) is 0. The number of piperidine rings is 2. The highest BCUT2D eigenvalue weighted by atomic mass is 16.2. The Morgan fingerprint density at radius 2 is 1.62 bits per heavy atom. The molecule has 2 aromatic rings. The molecular weight excluding hydrogens is 362 g/mol. The van der Waals surface area contributed by atoms with E-state index in [1.54, 1.807) is 0 Å². The van der Waals surface area contributed by atoms with Crippen molar-refractivity contribution in [2.45, 2.75) is 31.7 Å². The van der Waals surface area contributed by atoms with Crippen LogP contribution in [-0.2, 0) is 4.79 Å². The Morgan fingerprint density at radius 3 is 2.24 bits per heavy atom. The quantitative estimate of drug-likeness (QED) is 0.799. The topological polar surface area (TPSA) is 52.6 Å². The number of rotatable bonds is 4. The predicted octanol–water partition coefficient (Wildman–Crippen LogP) is 2.91. The number of hydrogen-bond acceptors (Lipinski definition) is 5. The monoisotopic (exact) mass is 393 g/mol. The van der Waals surface area contributed by atoms with Gasteiger partial charge < -0.3 is 14.7 Å². The molecule has 0 N–H and O–H groups in total. The molecule has 2 fully saturated rings. The van der Waals surface area contributed by atoms with Gasteiger partial charge in [0.2, 0.25) is 5.91 Å². The molecule has 0 spiro atoms. The Morgan fingerprint density at radius 1 is 0.931 bits per heavy atom. The Labute approximate surface area is 173 Å². The van der Waals surface area contributed by atoms with Gasteiger partial charge in [-0.25, -0.2) is 0 Å². The largest absolute Gasteiger partial charge is 0.355 e. The van der Waals surface area contributed by atoms with Crippen LogP contribution in [0.15, 0.2) is 42.5 Å². The molecule has 2 aliphatic heterocycles. The average molecular weight is 394 g/mol. The lowest BCUT2D eigenvalue weighted by Crippen LogP contribution is -2.48. The molecule has 0 unspecified atom stereocenters. The minimum atomic E-state index is 0.132. The molecular formula is C23H31N5O. The van der Waals surface area contributed by atoms with Gasteiger partial charge in [-0.2, -0.15) is 0 Å². The molecule has 0 bridgehead atoms. The number of nitrogens with zero attached hydrogens (tertiary/aromatic N) is 5. The van der Waals surface area contributed by atoms with Gasteiger partial charge in [-0.3, -0.25) is 4.79 Å². The molecule has 2 saturated heterocycles. The second kappa shape index (κ2) is 8.91. The van der Waals surface area contributed by atoms with Gasteiger partial charge in [-0.1, -0.05) is 30.3 Å². The zero-order valence-electron chi connectivity index (χ0n) is 17.5. The van der Waals surface area contributed by atoms with Gasteiger partial charge in [0.1, 0.15) is 0 Å². The minimum absolute atomic E-state index is 0.132. The summed E-state index contributed by atoms with van der Waals surface area (Å²) in [7, 11) is 4.15. The van der Waals surface area contributed by atoms with E-state index in [0.29, 0.717) is 11.9 Å². The van der Waals surface area contributed by atoms with Crippen LogP contribution in [0.3, 0.4) is 0 Å². The summed E-state index contributed by atoms with van der Waals surface area (Å²) in [5, 5.41) is 8.84. The van der Waals surface area contributed by atoms with Crippen molar-refractivity contribution in [3.05, 3.63) is 42.5 Å². The van der Waals surface area contributed by atoms with Crippen LogP contribution in [0.2, 0.25) is 0 Å². The van der Waals surface area contributed by atoms with Gasteiger partial charge in [0.15, 0.2) is 5.82 Å². The van der Waals surface area contributed by atoms with Crippen molar-refractivity contribution in [2.75, 3.05) is 45.2 Å². The maximum Gasteiger partial charge on any atom is 0.225 e. The molecule has 6 heteroatoms. The van der Waals surface area contributed by atoms with Crippen molar-refractivity contribution < 1.29 is 4.79 Å². The number of carbonyl (C=O) groups excluding carboxylic acids is 1. The van der Waals surface area contributed by atoms with E-state index in [2.05, 4.69) is 27.0 Å². The van der Waals surface area contributed by atoms with E-state index in [-0.39, 0.29) is 5.92 Å². The summed E-state index contributed by atoms with van der Waals surface area (Å²) in [6.45, 7) is 3.88. The van der Waals surface area contributed by atoms with E-state index in [1.807, 2.05) is 54.4 Å². The summed E-state index contributed by atoms with van der Waals surface area (Å²) in [5.74, 6) is 1.36. The second-order valence-corrected chi connectivity index (χ2v) is 8.39. The Balaban J connectivity index is 1.31. The Kier molecular flexibility index (Phi) is 6.09. The Hall–Kier alpha value is -2.47. The fourth-order valence-electron chi connectivity index (χ4n) is 4.46. The lowest BCUT2D eigenvalue weighted by atomic mass is 9.93. The molecule has 0 saturated carbocycles. The smallest absolute Gasteiger partial charge is 0.225 e. The van der Waals surface area contributed by atoms with E-state index in [9.17, 15) is 4.79 Å². The summed E-state index contributed by atoms with van der Waals surface area (Å²) in [6.07, 6.45) is 3.94. The SMILES string of the molecule is CN1CCC(N(C)C(=O)C2CCN(c3ccc(-c4ccccc4)nn3)CC2)CC1. The number of aromatic nitrogens is 2. The molecule has 0 atom stereocenters. The second-order valence-electron chi connectivity index (χ2n) is 8.39. The van der Waals surface area contributed by atoms with Crippen molar-refractivity contribution >= 4 is 11.7 Å². The molecule has 154 valence electrons. The third-order valence-corrected chi connectivity index (χ3v) is 6.47. The molecule has 4 rings (SSSR count). The van der Waals surface area contributed by atoms with Crippen LogP contribution in [-0.4, -0.2) is 72.2 Å². The third-order valence-electron chi connectivity index (χ3n) is 6.47. The minimum Gasteiger partial charge on any atom is -0.355 e. The maximum absolute atomic E-state index is 13.0. The zero-order chi connectivity index (χ0) is 20.2. The first-order valence-corrected chi connectivity index (χ1v) is 10.7. The average Bonchev–Trinajstić information content (AvgIpc) is 2.79. The molecule has 3 heterocycles. The lowest BCUT2D eigenvalue weighted by Gasteiger charge is -2.38. The molecule has 0 aliphatic carbocycles. The van der Waals surface area contributed by atoms with Gasteiger partial charge in [0.25, 0.3) is 0 Å². The molecule has 1 aromatic carbocycles. The molecule has 29 heavy (non-hydrogen) atoms. The van der Waals surface area contributed by atoms with Crippen LogP contribution in [0.1, 0.15) is 25.7 Å². The third kappa shape index (κ3) is 4.58.